The fraction of sp³-hybridized carbons (Fsp3) is 0.0588. The van der Waals surface area contributed by atoms with Gasteiger partial charge in [0.25, 0.3) is 0 Å². The minimum Gasteiger partial charge on any atom is -0.326 e. The quantitative estimate of drug-likeness (QED) is 0.712. The van der Waals surface area contributed by atoms with Gasteiger partial charge in [-0.1, -0.05) is 66.7 Å². The number of hydrogen-bond acceptors (Lipinski definition) is 1. The second-order valence-corrected chi connectivity index (χ2v) is 4.38. The van der Waals surface area contributed by atoms with Gasteiger partial charge in [-0.2, -0.15) is 0 Å². The molecular weight excluding hydrogens is 218 g/mol. The van der Waals surface area contributed by atoms with Crippen molar-refractivity contribution in [1.82, 2.24) is 0 Å². The number of nitrogens with two attached hydrogens (primary N) is 1. The highest BCUT2D eigenvalue weighted by molar-refractivity contribution is 5.91. The van der Waals surface area contributed by atoms with Gasteiger partial charge in [-0.25, -0.2) is 0 Å². The second-order valence-electron chi connectivity index (χ2n) is 4.38. The standard InChI is InChI=1S/C17H15N/c18-12-17-15-9-5-4-8-14(15)10-11-16(17)13-6-2-1-3-7-13/h1-11H,12,18H2. The molecule has 0 radical (unpaired) electrons. The summed E-state index contributed by atoms with van der Waals surface area (Å²) in [6.45, 7) is 0.561. The van der Waals surface area contributed by atoms with E-state index in [9.17, 15) is 0 Å². The van der Waals surface area contributed by atoms with Crippen LogP contribution >= 0.6 is 0 Å². The first-order chi connectivity index (χ1) is 8.90. The van der Waals surface area contributed by atoms with Crippen LogP contribution in [0.15, 0.2) is 66.7 Å². The van der Waals surface area contributed by atoms with Crippen molar-refractivity contribution in [2.75, 3.05) is 0 Å². The molecule has 0 saturated carbocycles. The van der Waals surface area contributed by atoms with E-state index in [1.807, 2.05) is 6.07 Å². The lowest BCUT2D eigenvalue weighted by atomic mass is 9.94. The van der Waals surface area contributed by atoms with Gasteiger partial charge < -0.3 is 5.73 Å². The zero-order valence-electron chi connectivity index (χ0n) is 10.1. The number of rotatable bonds is 2. The third kappa shape index (κ3) is 1.79. The van der Waals surface area contributed by atoms with Crippen LogP contribution in [0.3, 0.4) is 0 Å². The first kappa shape index (κ1) is 11.0. The van der Waals surface area contributed by atoms with Crippen molar-refractivity contribution in [3.63, 3.8) is 0 Å². The summed E-state index contributed by atoms with van der Waals surface area (Å²) in [7, 11) is 0. The smallest absolute Gasteiger partial charge is 0.0190 e. The average molecular weight is 233 g/mol. The molecule has 0 aromatic heterocycles. The maximum Gasteiger partial charge on any atom is 0.0190 e. The molecule has 0 saturated heterocycles. The third-order valence-corrected chi connectivity index (χ3v) is 3.33. The molecular formula is C17H15N. The van der Waals surface area contributed by atoms with Crippen LogP contribution in [-0.4, -0.2) is 0 Å². The van der Waals surface area contributed by atoms with Crippen molar-refractivity contribution < 1.29 is 0 Å². The molecule has 0 amide bonds. The largest absolute Gasteiger partial charge is 0.326 e. The zero-order valence-corrected chi connectivity index (χ0v) is 10.1. The van der Waals surface area contributed by atoms with Crippen LogP contribution in [-0.2, 0) is 6.54 Å². The predicted molar refractivity (Wildman–Crippen MR) is 77.3 cm³/mol. The first-order valence-electron chi connectivity index (χ1n) is 6.16. The van der Waals surface area contributed by atoms with Gasteiger partial charge in [0.1, 0.15) is 0 Å². The molecule has 0 spiro atoms. The monoisotopic (exact) mass is 233 g/mol. The van der Waals surface area contributed by atoms with Crippen molar-refractivity contribution in [3.05, 3.63) is 72.3 Å². The van der Waals surface area contributed by atoms with Gasteiger partial charge in [0, 0.05) is 6.54 Å². The summed E-state index contributed by atoms with van der Waals surface area (Å²) in [4.78, 5) is 0. The van der Waals surface area contributed by atoms with Gasteiger partial charge in [0.2, 0.25) is 0 Å². The second kappa shape index (κ2) is 4.63. The molecule has 0 atom stereocenters. The van der Waals surface area contributed by atoms with E-state index in [1.54, 1.807) is 0 Å². The Kier molecular flexibility index (Phi) is 2.83. The number of hydrogen-bond donors (Lipinski definition) is 1. The fourth-order valence-electron chi connectivity index (χ4n) is 2.44. The average Bonchev–Trinajstić information content (AvgIpc) is 2.47. The fourth-order valence-corrected chi connectivity index (χ4v) is 2.44. The summed E-state index contributed by atoms with van der Waals surface area (Å²) in [5, 5.41) is 2.50. The first-order valence-corrected chi connectivity index (χ1v) is 6.16. The number of fused-ring (bicyclic) bond motifs is 1. The van der Waals surface area contributed by atoms with E-state index < -0.39 is 0 Å². The van der Waals surface area contributed by atoms with Crippen molar-refractivity contribution in [3.8, 4) is 11.1 Å². The summed E-state index contributed by atoms with van der Waals surface area (Å²) in [6, 6.07) is 23.1. The summed E-state index contributed by atoms with van der Waals surface area (Å²) in [6.07, 6.45) is 0. The van der Waals surface area contributed by atoms with Gasteiger partial charge in [-0.15, -0.1) is 0 Å². The van der Waals surface area contributed by atoms with Crippen LogP contribution in [0.5, 0.6) is 0 Å². The molecule has 18 heavy (non-hydrogen) atoms. The van der Waals surface area contributed by atoms with Crippen LogP contribution in [0.1, 0.15) is 5.56 Å². The Bertz CT molecular complexity index is 672. The molecule has 0 fully saturated rings. The van der Waals surface area contributed by atoms with Gasteiger partial charge in [-0.05, 0) is 27.5 Å². The molecule has 0 aliphatic carbocycles. The van der Waals surface area contributed by atoms with Crippen molar-refractivity contribution >= 4 is 10.8 Å². The third-order valence-electron chi connectivity index (χ3n) is 3.33. The molecule has 88 valence electrons. The minimum atomic E-state index is 0.561. The Hall–Kier alpha value is -2.12. The molecule has 1 heteroatoms. The van der Waals surface area contributed by atoms with Gasteiger partial charge in [0.05, 0.1) is 0 Å². The van der Waals surface area contributed by atoms with E-state index in [0.29, 0.717) is 6.54 Å². The van der Waals surface area contributed by atoms with E-state index in [1.165, 1.54) is 27.5 Å². The highest BCUT2D eigenvalue weighted by atomic mass is 14.5. The molecule has 0 bridgehead atoms. The molecule has 3 aromatic rings. The van der Waals surface area contributed by atoms with E-state index >= 15 is 0 Å². The van der Waals surface area contributed by atoms with Gasteiger partial charge in [-0.3, -0.25) is 0 Å². The lowest BCUT2D eigenvalue weighted by Gasteiger charge is -2.11. The van der Waals surface area contributed by atoms with E-state index in [0.717, 1.165) is 0 Å². The lowest BCUT2D eigenvalue weighted by Crippen LogP contribution is -2.00. The highest BCUT2D eigenvalue weighted by Crippen LogP contribution is 2.29. The van der Waals surface area contributed by atoms with Crippen molar-refractivity contribution in [2.24, 2.45) is 5.73 Å². The Balaban J connectivity index is 2.31. The minimum absolute atomic E-state index is 0.561. The van der Waals surface area contributed by atoms with Crippen LogP contribution < -0.4 is 5.73 Å². The topological polar surface area (TPSA) is 26.0 Å². The predicted octanol–water partition coefficient (Wildman–Crippen LogP) is 3.97. The van der Waals surface area contributed by atoms with E-state index in [2.05, 4.69) is 60.7 Å². The molecule has 0 unspecified atom stereocenters. The van der Waals surface area contributed by atoms with Crippen LogP contribution in [0, 0.1) is 0 Å². The van der Waals surface area contributed by atoms with Crippen molar-refractivity contribution in [1.29, 1.82) is 0 Å². The molecule has 3 aromatic carbocycles. The molecule has 0 aliphatic rings. The summed E-state index contributed by atoms with van der Waals surface area (Å²) < 4.78 is 0. The number of benzene rings is 3. The molecule has 0 aliphatic heterocycles. The zero-order chi connectivity index (χ0) is 12.4. The van der Waals surface area contributed by atoms with Crippen LogP contribution in [0.4, 0.5) is 0 Å². The lowest BCUT2D eigenvalue weighted by molar-refractivity contribution is 1.09. The molecule has 1 nitrogen and oxygen atoms in total. The summed E-state index contributed by atoms with van der Waals surface area (Å²) >= 11 is 0. The van der Waals surface area contributed by atoms with E-state index in [-0.39, 0.29) is 0 Å². The van der Waals surface area contributed by atoms with Crippen molar-refractivity contribution in [2.45, 2.75) is 6.54 Å². The maximum atomic E-state index is 5.95. The Morgan fingerprint density at radius 1 is 0.722 bits per heavy atom. The molecule has 2 N–H and O–H groups in total. The van der Waals surface area contributed by atoms with Crippen LogP contribution in [0.25, 0.3) is 21.9 Å². The SMILES string of the molecule is NCc1c(-c2ccccc2)ccc2ccccc12. The Labute approximate surface area is 107 Å². The van der Waals surface area contributed by atoms with Crippen LogP contribution in [0.2, 0.25) is 0 Å². The Morgan fingerprint density at radius 2 is 1.44 bits per heavy atom. The Morgan fingerprint density at radius 3 is 2.22 bits per heavy atom. The van der Waals surface area contributed by atoms with Gasteiger partial charge >= 0.3 is 0 Å². The van der Waals surface area contributed by atoms with E-state index in [4.69, 9.17) is 5.73 Å². The molecule has 3 rings (SSSR count). The molecule has 0 heterocycles. The summed E-state index contributed by atoms with van der Waals surface area (Å²) in [5.41, 5.74) is 9.63. The van der Waals surface area contributed by atoms with Gasteiger partial charge in [0.15, 0.2) is 0 Å². The maximum absolute atomic E-state index is 5.95. The summed E-state index contributed by atoms with van der Waals surface area (Å²) in [5.74, 6) is 0. The highest BCUT2D eigenvalue weighted by Gasteiger charge is 2.07. The normalized spacial score (nSPS) is 10.7.